The summed E-state index contributed by atoms with van der Waals surface area (Å²) in [4.78, 5) is 0. The second-order valence-electron chi connectivity index (χ2n) is 4.07. The molecule has 1 aliphatic heterocycles. The van der Waals surface area contributed by atoms with E-state index in [4.69, 9.17) is 4.74 Å². The zero-order valence-corrected chi connectivity index (χ0v) is 9.36. The van der Waals surface area contributed by atoms with Crippen molar-refractivity contribution in [1.29, 1.82) is 0 Å². The lowest BCUT2D eigenvalue weighted by Crippen LogP contribution is -2.26. The Balaban J connectivity index is 2.61. The molecule has 0 aromatic carbocycles. The maximum atomic E-state index is 5.32. The first-order valence-corrected chi connectivity index (χ1v) is 5.16. The first-order valence-electron chi connectivity index (χ1n) is 5.16. The van der Waals surface area contributed by atoms with Crippen LogP contribution in [-0.2, 0) is 4.74 Å². The molecule has 0 N–H and O–H groups in total. The van der Waals surface area contributed by atoms with Crippen molar-refractivity contribution in [3.8, 4) is 0 Å². The molecule has 1 aliphatic rings. The lowest BCUT2D eigenvalue weighted by molar-refractivity contribution is 0.169. The average Bonchev–Trinajstić information content (AvgIpc) is 2.66. The quantitative estimate of drug-likeness (QED) is 0.509. The van der Waals surface area contributed by atoms with Gasteiger partial charge in [-0.05, 0) is 19.3 Å². The highest BCUT2D eigenvalue weighted by atomic mass is 16.5. The van der Waals surface area contributed by atoms with Crippen LogP contribution < -0.4 is 0 Å². The molecule has 80 valence electrons. The zero-order valence-electron chi connectivity index (χ0n) is 9.36. The predicted molar refractivity (Wildman–Crippen MR) is 59.2 cm³/mol. The van der Waals surface area contributed by atoms with E-state index in [-0.39, 0.29) is 0 Å². The monoisotopic (exact) mass is 196 g/mol. The number of hydrogen-bond donors (Lipinski definition) is 0. The topological polar surface area (TPSA) is 24.8 Å². The lowest BCUT2D eigenvalue weighted by Gasteiger charge is -2.21. The second kappa shape index (κ2) is 5.15. The molecule has 0 radical (unpaired) electrons. The van der Waals surface area contributed by atoms with Gasteiger partial charge in [-0.3, -0.25) is 5.01 Å². The van der Waals surface area contributed by atoms with Gasteiger partial charge in [0, 0.05) is 19.5 Å². The first kappa shape index (κ1) is 11.2. The molecule has 1 unspecified atom stereocenters. The zero-order chi connectivity index (χ0) is 10.6. The number of allylic oxidation sites excluding steroid dienone is 1. The Morgan fingerprint density at radius 2 is 2.36 bits per heavy atom. The summed E-state index contributed by atoms with van der Waals surface area (Å²) in [7, 11) is 0. The highest BCUT2D eigenvalue weighted by Gasteiger charge is 2.20. The third kappa shape index (κ3) is 2.84. The third-order valence-corrected chi connectivity index (χ3v) is 2.69. The minimum Gasteiger partial charge on any atom is -0.379 e. The molecular formula is C11H20N2O. The molecular weight excluding hydrogens is 176 g/mol. The van der Waals surface area contributed by atoms with Crippen LogP contribution in [0.25, 0.3) is 0 Å². The maximum Gasteiger partial charge on any atom is 0.0774 e. The Hall–Kier alpha value is -0.830. The molecule has 0 aromatic rings. The van der Waals surface area contributed by atoms with Gasteiger partial charge in [0.2, 0.25) is 0 Å². The van der Waals surface area contributed by atoms with Crippen molar-refractivity contribution < 1.29 is 4.74 Å². The molecule has 1 fully saturated rings. The van der Waals surface area contributed by atoms with E-state index in [1.807, 2.05) is 5.01 Å². The Morgan fingerprint density at radius 1 is 1.64 bits per heavy atom. The van der Waals surface area contributed by atoms with E-state index in [9.17, 15) is 0 Å². The van der Waals surface area contributed by atoms with Crippen LogP contribution in [0.1, 0.15) is 27.2 Å². The van der Waals surface area contributed by atoms with E-state index in [0.29, 0.717) is 12.0 Å². The standard InChI is InChI=1S/C11H20N2O/c1-9(2)10(3)7-13(12-4)11-5-6-14-8-11/h7,9,11H,4-6,8H2,1-3H3/b10-7+. The van der Waals surface area contributed by atoms with Gasteiger partial charge in [-0.15, -0.1) is 0 Å². The highest BCUT2D eigenvalue weighted by Crippen LogP contribution is 2.16. The van der Waals surface area contributed by atoms with Crippen molar-refractivity contribution in [1.82, 2.24) is 5.01 Å². The summed E-state index contributed by atoms with van der Waals surface area (Å²) >= 11 is 0. The van der Waals surface area contributed by atoms with E-state index in [1.165, 1.54) is 5.57 Å². The fraction of sp³-hybridized carbons (Fsp3) is 0.727. The van der Waals surface area contributed by atoms with Crippen LogP contribution in [0.2, 0.25) is 0 Å². The predicted octanol–water partition coefficient (Wildman–Crippen LogP) is 2.25. The van der Waals surface area contributed by atoms with Gasteiger partial charge in [0.25, 0.3) is 0 Å². The minimum atomic E-state index is 0.376. The number of hydrogen-bond acceptors (Lipinski definition) is 3. The minimum absolute atomic E-state index is 0.376. The number of nitrogens with zero attached hydrogens (tertiary/aromatic N) is 2. The normalized spacial score (nSPS) is 22.9. The summed E-state index contributed by atoms with van der Waals surface area (Å²) in [5.74, 6) is 0.557. The van der Waals surface area contributed by atoms with Crippen LogP contribution in [0.5, 0.6) is 0 Å². The summed E-state index contributed by atoms with van der Waals surface area (Å²) < 4.78 is 5.32. The van der Waals surface area contributed by atoms with Crippen molar-refractivity contribution in [2.24, 2.45) is 11.0 Å². The molecule has 1 rings (SSSR count). The van der Waals surface area contributed by atoms with Crippen LogP contribution in [-0.4, -0.2) is 31.0 Å². The molecule has 14 heavy (non-hydrogen) atoms. The molecule has 0 spiro atoms. The molecule has 0 saturated carbocycles. The largest absolute Gasteiger partial charge is 0.379 e. The Morgan fingerprint density at radius 3 is 2.79 bits per heavy atom. The average molecular weight is 196 g/mol. The van der Waals surface area contributed by atoms with Gasteiger partial charge in [0.1, 0.15) is 0 Å². The molecule has 1 heterocycles. The van der Waals surface area contributed by atoms with Gasteiger partial charge < -0.3 is 4.74 Å². The van der Waals surface area contributed by atoms with Crippen molar-refractivity contribution in [2.75, 3.05) is 13.2 Å². The van der Waals surface area contributed by atoms with E-state index in [2.05, 4.69) is 38.8 Å². The summed E-state index contributed by atoms with van der Waals surface area (Å²) in [6.07, 6.45) is 3.12. The van der Waals surface area contributed by atoms with Gasteiger partial charge in [0.15, 0.2) is 0 Å². The lowest BCUT2D eigenvalue weighted by atomic mass is 10.1. The molecule has 0 aliphatic carbocycles. The molecule has 3 nitrogen and oxygen atoms in total. The van der Waals surface area contributed by atoms with Crippen molar-refractivity contribution >= 4 is 6.72 Å². The van der Waals surface area contributed by atoms with Crippen LogP contribution in [0, 0.1) is 5.92 Å². The molecule has 3 heteroatoms. The highest BCUT2D eigenvalue weighted by molar-refractivity contribution is 5.23. The number of rotatable bonds is 4. The van der Waals surface area contributed by atoms with Gasteiger partial charge >= 0.3 is 0 Å². The Kier molecular flexibility index (Phi) is 4.14. The van der Waals surface area contributed by atoms with Crippen molar-refractivity contribution in [3.63, 3.8) is 0 Å². The summed E-state index contributed by atoms with van der Waals surface area (Å²) in [5.41, 5.74) is 1.32. The van der Waals surface area contributed by atoms with E-state index in [0.717, 1.165) is 19.6 Å². The third-order valence-electron chi connectivity index (χ3n) is 2.69. The fourth-order valence-corrected chi connectivity index (χ4v) is 1.35. The van der Waals surface area contributed by atoms with Crippen LogP contribution in [0.4, 0.5) is 0 Å². The van der Waals surface area contributed by atoms with Gasteiger partial charge in [-0.25, -0.2) is 0 Å². The maximum absolute atomic E-state index is 5.32. The molecule has 1 atom stereocenters. The first-order chi connectivity index (χ1) is 6.65. The number of ether oxygens (including phenoxy) is 1. The van der Waals surface area contributed by atoms with Crippen molar-refractivity contribution in [2.45, 2.75) is 33.2 Å². The molecule has 0 aromatic heterocycles. The van der Waals surface area contributed by atoms with Gasteiger partial charge in [-0.2, -0.15) is 5.10 Å². The van der Waals surface area contributed by atoms with E-state index >= 15 is 0 Å². The molecule has 1 saturated heterocycles. The van der Waals surface area contributed by atoms with E-state index in [1.54, 1.807) is 0 Å². The Labute approximate surface area is 86.4 Å². The van der Waals surface area contributed by atoms with Crippen LogP contribution in [0.15, 0.2) is 16.9 Å². The van der Waals surface area contributed by atoms with Gasteiger partial charge in [0.05, 0.1) is 12.6 Å². The second-order valence-corrected chi connectivity index (χ2v) is 4.07. The smallest absolute Gasteiger partial charge is 0.0774 e. The summed E-state index contributed by atoms with van der Waals surface area (Å²) in [6, 6.07) is 0.376. The SMILES string of the molecule is C=NN(/C=C(\C)C(C)C)C1CCOC1. The van der Waals surface area contributed by atoms with Gasteiger partial charge in [-0.1, -0.05) is 19.4 Å². The molecule has 0 bridgehead atoms. The number of hydrazone groups is 1. The van der Waals surface area contributed by atoms with Crippen molar-refractivity contribution in [3.05, 3.63) is 11.8 Å². The Bertz CT molecular complexity index is 217. The fourth-order valence-electron chi connectivity index (χ4n) is 1.35. The summed E-state index contributed by atoms with van der Waals surface area (Å²) in [5, 5.41) is 5.95. The van der Waals surface area contributed by atoms with Crippen LogP contribution in [0.3, 0.4) is 0 Å². The summed E-state index contributed by atoms with van der Waals surface area (Å²) in [6.45, 7) is 11.7. The molecule has 0 amide bonds. The van der Waals surface area contributed by atoms with Crippen LogP contribution >= 0.6 is 0 Å². The van der Waals surface area contributed by atoms with E-state index < -0.39 is 0 Å².